The van der Waals surface area contributed by atoms with Gasteiger partial charge in [0.25, 0.3) is 0 Å². The third-order valence-corrected chi connectivity index (χ3v) is 4.57. The van der Waals surface area contributed by atoms with Gasteiger partial charge in [-0.2, -0.15) is 4.37 Å². The Morgan fingerprint density at radius 1 is 1.47 bits per heavy atom. The third kappa shape index (κ3) is 2.50. The first-order chi connectivity index (χ1) is 8.36. The zero-order valence-electron chi connectivity index (χ0n) is 9.80. The Labute approximate surface area is 109 Å². The van der Waals surface area contributed by atoms with Gasteiger partial charge in [0.15, 0.2) is 0 Å². The predicted molar refractivity (Wildman–Crippen MR) is 72.8 cm³/mol. The molecule has 1 aliphatic rings. The summed E-state index contributed by atoms with van der Waals surface area (Å²) in [5.41, 5.74) is 0. The van der Waals surface area contributed by atoms with Crippen LogP contribution in [0.4, 0.5) is 5.13 Å². The maximum absolute atomic E-state index is 4.61. The molecule has 1 fully saturated rings. The Kier molecular flexibility index (Phi) is 3.11. The summed E-state index contributed by atoms with van der Waals surface area (Å²) in [4.78, 5) is 8.44. The molecule has 90 valence electrons. The number of hydrogen-bond acceptors (Lipinski definition) is 5. The zero-order chi connectivity index (χ0) is 11.7. The van der Waals surface area contributed by atoms with E-state index in [-0.39, 0.29) is 0 Å². The molecule has 0 unspecified atom stereocenters. The predicted octanol–water partition coefficient (Wildman–Crippen LogP) is 3.33. The maximum Gasteiger partial charge on any atom is 0.205 e. The summed E-state index contributed by atoms with van der Waals surface area (Å²) in [7, 11) is 0. The second-order valence-corrected chi connectivity index (χ2v) is 6.05. The molecule has 0 atom stereocenters. The van der Waals surface area contributed by atoms with E-state index in [0.29, 0.717) is 6.04 Å². The molecule has 0 spiro atoms. The van der Waals surface area contributed by atoms with Crippen molar-refractivity contribution >= 4 is 28.0 Å². The Morgan fingerprint density at radius 2 is 2.35 bits per heavy atom. The van der Waals surface area contributed by atoms with Crippen molar-refractivity contribution in [1.29, 1.82) is 0 Å². The van der Waals surface area contributed by atoms with Crippen molar-refractivity contribution in [1.82, 2.24) is 9.36 Å². The second-order valence-electron chi connectivity index (χ2n) is 4.29. The normalized spacial score (nSPS) is 15.1. The summed E-state index contributed by atoms with van der Waals surface area (Å²) >= 11 is 3.36. The van der Waals surface area contributed by atoms with E-state index < -0.39 is 0 Å². The SMILES string of the molecule is CCc1nsc(N(Cc2cccs2)C2CC2)n1. The van der Waals surface area contributed by atoms with E-state index in [1.807, 2.05) is 11.3 Å². The molecular weight excluding hydrogens is 250 g/mol. The van der Waals surface area contributed by atoms with E-state index in [4.69, 9.17) is 0 Å². The summed E-state index contributed by atoms with van der Waals surface area (Å²) in [5.74, 6) is 0.974. The van der Waals surface area contributed by atoms with Crippen LogP contribution >= 0.6 is 22.9 Å². The average Bonchev–Trinajstić information content (AvgIpc) is 2.88. The van der Waals surface area contributed by atoms with Crippen LogP contribution in [-0.2, 0) is 13.0 Å². The van der Waals surface area contributed by atoms with Gasteiger partial charge in [0.2, 0.25) is 5.13 Å². The molecule has 1 saturated carbocycles. The van der Waals surface area contributed by atoms with E-state index in [0.717, 1.165) is 23.9 Å². The first kappa shape index (κ1) is 11.2. The van der Waals surface area contributed by atoms with Crippen molar-refractivity contribution < 1.29 is 0 Å². The summed E-state index contributed by atoms with van der Waals surface area (Å²) in [6, 6.07) is 5.00. The van der Waals surface area contributed by atoms with Gasteiger partial charge in [0.1, 0.15) is 5.82 Å². The Hall–Kier alpha value is -0.940. The fourth-order valence-electron chi connectivity index (χ4n) is 1.81. The highest BCUT2D eigenvalue weighted by Crippen LogP contribution is 2.34. The molecule has 0 aliphatic heterocycles. The molecule has 0 saturated heterocycles. The van der Waals surface area contributed by atoms with Crippen LogP contribution in [-0.4, -0.2) is 15.4 Å². The Balaban J connectivity index is 1.79. The number of anilines is 1. The average molecular weight is 265 g/mol. The van der Waals surface area contributed by atoms with Gasteiger partial charge >= 0.3 is 0 Å². The van der Waals surface area contributed by atoms with Crippen molar-refractivity contribution in [2.45, 2.75) is 38.8 Å². The number of thiophene rings is 1. The fourth-order valence-corrected chi connectivity index (χ4v) is 3.34. The molecule has 0 amide bonds. The molecule has 5 heteroatoms. The number of nitrogens with zero attached hydrogens (tertiary/aromatic N) is 3. The molecule has 2 aromatic heterocycles. The Bertz CT molecular complexity index is 474. The lowest BCUT2D eigenvalue weighted by molar-refractivity contribution is 0.793. The van der Waals surface area contributed by atoms with Gasteiger partial charge in [0.05, 0.1) is 6.54 Å². The largest absolute Gasteiger partial charge is 0.339 e. The molecule has 3 rings (SSSR count). The molecule has 0 radical (unpaired) electrons. The van der Waals surface area contributed by atoms with Gasteiger partial charge in [-0.15, -0.1) is 11.3 Å². The van der Waals surface area contributed by atoms with Crippen molar-refractivity contribution in [2.24, 2.45) is 0 Å². The molecule has 0 aromatic carbocycles. The number of aromatic nitrogens is 2. The highest BCUT2D eigenvalue weighted by Gasteiger charge is 2.31. The van der Waals surface area contributed by atoms with Crippen LogP contribution in [0.25, 0.3) is 0 Å². The maximum atomic E-state index is 4.61. The van der Waals surface area contributed by atoms with Gasteiger partial charge in [-0.25, -0.2) is 4.98 Å². The lowest BCUT2D eigenvalue weighted by Gasteiger charge is -2.19. The lowest BCUT2D eigenvalue weighted by Crippen LogP contribution is -2.24. The van der Waals surface area contributed by atoms with Gasteiger partial charge in [-0.1, -0.05) is 13.0 Å². The minimum Gasteiger partial charge on any atom is -0.339 e. The first-order valence-electron chi connectivity index (χ1n) is 5.98. The van der Waals surface area contributed by atoms with Crippen LogP contribution in [0.5, 0.6) is 0 Å². The first-order valence-corrected chi connectivity index (χ1v) is 7.63. The minimum atomic E-state index is 0.690. The molecular formula is C12H15N3S2. The van der Waals surface area contributed by atoms with E-state index >= 15 is 0 Å². The van der Waals surface area contributed by atoms with E-state index in [1.165, 1.54) is 17.7 Å². The van der Waals surface area contributed by atoms with Crippen LogP contribution in [0.1, 0.15) is 30.5 Å². The number of rotatable bonds is 5. The fraction of sp³-hybridized carbons (Fsp3) is 0.500. The van der Waals surface area contributed by atoms with Gasteiger partial charge in [0, 0.05) is 28.9 Å². The molecule has 2 aromatic rings. The van der Waals surface area contributed by atoms with Crippen molar-refractivity contribution in [3.8, 4) is 0 Å². The van der Waals surface area contributed by atoms with E-state index in [9.17, 15) is 0 Å². The highest BCUT2D eigenvalue weighted by molar-refractivity contribution is 7.10. The molecule has 3 nitrogen and oxygen atoms in total. The van der Waals surface area contributed by atoms with E-state index in [1.54, 1.807) is 11.5 Å². The summed E-state index contributed by atoms with van der Waals surface area (Å²) < 4.78 is 4.39. The van der Waals surface area contributed by atoms with Crippen LogP contribution in [0.2, 0.25) is 0 Å². The smallest absolute Gasteiger partial charge is 0.205 e. The zero-order valence-corrected chi connectivity index (χ0v) is 11.4. The number of aryl methyl sites for hydroxylation is 1. The van der Waals surface area contributed by atoms with Gasteiger partial charge in [-0.3, -0.25) is 0 Å². The Morgan fingerprint density at radius 3 is 2.94 bits per heavy atom. The summed E-state index contributed by atoms with van der Waals surface area (Å²) in [5, 5.41) is 3.23. The van der Waals surface area contributed by atoms with Gasteiger partial charge < -0.3 is 4.90 Å². The highest BCUT2D eigenvalue weighted by atomic mass is 32.1. The second kappa shape index (κ2) is 4.74. The minimum absolute atomic E-state index is 0.690. The van der Waals surface area contributed by atoms with Crippen LogP contribution < -0.4 is 4.90 Å². The quantitative estimate of drug-likeness (QED) is 0.830. The summed E-state index contributed by atoms with van der Waals surface area (Å²) in [6.07, 6.45) is 3.52. The lowest BCUT2D eigenvalue weighted by atomic mass is 10.4. The molecule has 0 N–H and O–H groups in total. The van der Waals surface area contributed by atoms with Crippen molar-refractivity contribution in [3.63, 3.8) is 0 Å². The van der Waals surface area contributed by atoms with Crippen molar-refractivity contribution in [3.05, 3.63) is 28.2 Å². The van der Waals surface area contributed by atoms with Crippen LogP contribution in [0, 0.1) is 0 Å². The van der Waals surface area contributed by atoms with Gasteiger partial charge in [-0.05, 0) is 24.3 Å². The molecule has 1 aliphatic carbocycles. The summed E-state index contributed by atoms with van der Waals surface area (Å²) in [6.45, 7) is 3.09. The standard InChI is InChI=1S/C12H15N3S2/c1-2-11-13-12(17-14-11)15(9-5-6-9)8-10-4-3-7-16-10/h3-4,7,9H,2,5-6,8H2,1H3. The van der Waals surface area contributed by atoms with Crippen LogP contribution in [0.15, 0.2) is 17.5 Å². The third-order valence-electron chi connectivity index (χ3n) is 2.91. The monoisotopic (exact) mass is 265 g/mol. The topological polar surface area (TPSA) is 29.0 Å². The van der Waals surface area contributed by atoms with Crippen LogP contribution in [0.3, 0.4) is 0 Å². The van der Waals surface area contributed by atoms with Crippen molar-refractivity contribution in [2.75, 3.05) is 4.90 Å². The molecule has 17 heavy (non-hydrogen) atoms. The molecule has 0 bridgehead atoms. The molecule has 2 heterocycles. The number of hydrogen-bond donors (Lipinski definition) is 0. The van der Waals surface area contributed by atoms with E-state index in [2.05, 4.69) is 38.7 Å².